The summed E-state index contributed by atoms with van der Waals surface area (Å²) in [6.45, 7) is 4.41. The molecule has 4 rings (SSSR count). The van der Waals surface area contributed by atoms with Crippen molar-refractivity contribution in [3.05, 3.63) is 53.0 Å². The van der Waals surface area contributed by atoms with Crippen molar-refractivity contribution in [1.29, 1.82) is 0 Å². The first-order valence-electron chi connectivity index (χ1n) is 9.81. The van der Waals surface area contributed by atoms with Gasteiger partial charge in [-0.2, -0.15) is 0 Å². The Morgan fingerprint density at radius 3 is 2.63 bits per heavy atom. The van der Waals surface area contributed by atoms with Gasteiger partial charge >= 0.3 is 0 Å². The third kappa shape index (κ3) is 3.88. The standard InChI is InChI=1S/C22H28N2O3/c1-14-4-8-20(15(2)10-14)26-13-19-7-9-21(27-19)22(25)24(3)18-11-16-5-6-17(12-18)23-16/h4,7-10,16-18,23H,5-6,11-13H2,1-3H3. The Bertz CT molecular complexity index is 817. The molecule has 0 aliphatic carbocycles. The fourth-order valence-electron chi connectivity index (χ4n) is 4.36. The summed E-state index contributed by atoms with van der Waals surface area (Å²) in [7, 11) is 1.89. The Labute approximate surface area is 160 Å². The van der Waals surface area contributed by atoms with Gasteiger partial charge in [-0.15, -0.1) is 0 Å². The highest BCUT2D eigenvalue weighted by molar-refractivity contribution is 5.91. The Morgan fingerprint density at radius 1 is 1.19 bits per heavy atom. The molecule has 27 heavy (non-hydrogen) atoms. The number of nitrogens with zero attached hydrogens (tertiary/aromatic N) is 1. The number of carbonyl (C=O) groups is 1. The minimum absolute atomic E-state index is 0.0425. The highest BCUT2D eigenvalue weighted by Crippen LogP contribution is 2.30. The Morgan fingerprint density at radius 2 is 1.93 bits per heavy atom. The molecule has 0 saturated carbocycles. The van der Waals surface area contributed by atoms with Crippen molar-refractivity contribution in [2.75, 3.05) is 7.05 Å². The zero-order valence-electron chi connectivity index (χ0n) is 16.3. The molecule has 2 atom stereocenters. The van der Waals surface area contributed by atoms with Crippen molar-refractivity contribution in [3.63, 3.8) is 0 Å². The van der Waals surface area contributed by atoms with E-state index in [-0.39, 0.29) is 11.9 Å². The number of rotatable bonds is 5. The molecule has 2 aromatic rings. The second-order valence-corrected chi connectivity index (χ2v) is 8.00. The van der Waals surface area contributed by atoms with Crippen LogP contribution in [0.2, 0.25) is 0 Å². The fourth-order valence-corrected chi connectivity index (χ4v) is 4.36. The van der Waals surface area contributed by atoms with Crippen LogP contribution < -0.4 is 10.1 Å². The van der Waals surface area contributed by atoms with Gasteiger partial charge in [0.15, 0.2) is 5.76 Å². The van der Waals surface area contributed by atoms with E-state index >= 15 is 0 Å². The highest BCUT2D eigenvalue weighted by Gasteiger charge is 2.37. The summed E-state index contributed by atoms with van der Waals surface area (Å²) in [5, 5.41) is 3.62. The minimum atomic E-state index is -0.0425. The van der Waals surface area contributed by atoms with Gasteiger partial charge in [-0.1, -0.05) is 17.7 Å². The molecule has 2 aliphatic heterocycles. The summed E-state index contributed by atoms with van der Waals surface area (Å²) in [6.07, 6.45) is 4.51. The van der Waals surface area contributed by atoms with Crippen molar-refractivity contribution in [2.24, 2.45) is 0 Å². The molecular formula is C22H28N2O3. The smallest absolute Gasteiger partial charge is 0.289 e. The van der Waals surface area contributed by atoms with Crippen molar-refractivity contribution in [2.45, 2.75) is 64.3 Å². The zero-order chi connectivity index (χ0) is 19.0. The molecule has 2 saturated heterocycles. The first kappa shape index (κ1) is 18.1. The van der Waals surface area contributed by atoms with Gasteiger partial charge in [0, 0.05) is 25.2 Å². The van der Waals surface area contributed by atoms with Crippen LogP contribution in [-0.2, 0) is 6.61 Å². The SMILES string of the molecule is Cc1ccc(OCc2ccc(C(=O)N(C)C3CC4CCC(C3)N4)o2)c(C)c1. The van der Waals surface area contributed by atoms with Gasteiger partial charge in [0.05, 0.1) is 0 Å². The number of piperidine rings is 1. The first-order valence-corrected chi connectivity index (χ1v) is 9.81. The van der Waals surface area contributed by atoms with E-state index in [1.165, 1.54) is 18.4 Å². The third-order valence-corrected chi connectivity index (χ3v) is 5.89. The van der Waals surface area contributed by atoms with E-state index in [1.807, 2.05) is 37.1 Å². The predicted octanol–water partition coefficient (Wildman–Crippen LogP) is 3.83. The normalized spacial score (nSPS) is 24.0. The van der Waals surface area contributed by atoms with Gasteiger partial charge in [-0.3, -0.25) is 4.79 Å². The van der Waals surface area contributed by atoms with E-state index < -0.39 is 0 Å². The molecule has 0 spiro atoms. The third-order valence-electron chi connectivity index (χ3n) is 5.89. The molecular weight excluding hydrogens is 340 g/mol. The number of nitrogens with one attached hydrogen (secondary N) is 1. The second-order valence-electron chi connectivity index (χ2n) is 8.00. The lowest BCUT2D eigenvalue weighted by Gasteiger charge is -2.35. The number of benzene rings is 1. The Balaban J connectivity index is 1.37. The molecule has 3 heterocycles. The van der Waals surface area contributed by atoms with Crippen molar-refractivity contribution >= 4 is 5.91 Å². The van der Waals surface area contributed by atoms with Crippen LogP contribution in [0.15, 0.2) is 34.7 Å². The molecule has 0 radical (unpaired) electrons. The quantitative estimate of drug-likeness (QED) is 0.871. The van der Waals surface area contributed by atoms with Crippen LogP contribution in [0.3, 0.4) is 0 Å². The average molecular weight is 368 g/mol. The van der Waals surface area contributed by atoms with Crippen LogP contribution in [0.25, 0.3) is 0 Å². The molecule has 5 heteroatoms. The Hall–Kier alpha value is -2.27. The zero-order valence-corrected chi connectivity index (χ0v) is 16.3. The van der Waals surface area contributed by atoms with Crippen LogP contribution in [0.4, 0.5) is 0 Å². The van der Waals surface area contributed by atoms with Gasteiger partial charge in [0.1, 0.15) is 18.1 Å². The predicted molar refractivity (Wildman–Crippen MR) is 104 cm³/mol. The van der Waals surface area contributed by atoms with Crippen LogP contribution in [-0.4, -0.2) is 36.0 Å². The van der Waals surface area contributed by atoms with E-state index in [2.05, 4.69) is 18.3 Å². The molecule has 1 aromatic heterocycles. The van der Waals surface area contributed by atoms with Gasteiger partial charge in [0.2, 0.25) is 0 Å². The molecule has 2 aliphatic rings. The largest absolute Gasteiger partial charge is 0.485 e. The molecule has 2 bridgehead atoms. The van der Waals surface area contributed by atoms with E-state index in [9.17, 15) is 4.79 Å². The number of amides is 1. The second kappa shape index (κ2) is 7.39. The summed E-state index contributed by atoms with van der Waals surface area (Å²) < 4.78 is 11.6. The molecule has 2 fully saturated rings. The van der Waals surface area contributed by atoms with Crippen LogP contribution >= 0.6 is 0 Å². The summed E-state index contributed by atoms with van der Waals surface area (Å²) in [5.41, 5.74) is 2.30. The van der Waals surface area contributed by atoms with Crippen LogP contribution in [0.1, 0.15) is 53.1 Å². The summed E-state index contributed by atoms with van der Waals surface area (Å²) in [4.78, 5) is 14.7. The van der Waals surface area contributed by atoms with E-state index in [4.69, 9.17) is 9.15 Å². The lowest BCUT2D eigenvalue weighted by atomic mass is 9.98. The number of hydrogen-bond donors (Lipinski definition) is 1. The fraction of sp³-hybridized carbons (Fsp3) is 0.500. The maximum atomic E-state index is 12.8. The number of carbonyl (C=O) groups excluding carboxylic acids is 1. The number of furan rings is 1. The van der Waals surface area contributed by atoms with Crippen molar-refractivity contribution in [1.82, 2.24) is 10.2 Å². The number of aryl methyl sites for hydroxylation is 2. The maximum Gasteiger partial charge on any atom is 0.289 e. The molecule has 5 nitrogen and oxygen atoms in total. The molecule has 2 unspecified atom stereocenters. The van der Waals surface area contributed by atoms with Crippen LogP contribution in [0, 0.1) is 13.8 Å². The maximum absolute atomic E-state index is 12.8. The highest BCUT2D eigenvalue weighted by atomic mass is 16.5. The molecule has 1 N–H and O–H groups in total. The monoisotopic (exact) mass is 368 g/mol. The Kier molecular flexibility index (Phi) is 4.96. The number of hydrogen-bond acceptors (Lipinski definition) is 4. The van der Waals surface area contributed by atoms with Crippen molar-refractivity contribution in [3.8, 4) is 5.75 Å². The van der Waals surface area contributed by atoms with E-state index in [1.54, 1.807) is 6.07 Å². The van der Waals surface area contributed by atoms with Gasteiger partial charge in [-0.05, 0) is 63.3 Å². The molecule has 144 valence electrons. The number of fused-ring (bicyclic) bond motifs is 2. The van der Waals surface area contributed by atoms with Crippen LogP contribution in [0.5, 0.6) is 5.75 Å². The van der Waals surface area contributed by atoms with Crippen molar-refractivity contribution < 1.29 is 13.9 Å². The average Bonchev–Trinajstić information content (AvgIpc) is 3.26. The van der Waals surface area contributed by atoms with E-state index in [0.29, 0.717) is 30.2 Å². The topological polar surface area (TPSA) is 54.7 Å². The minimum Gasteiger partial charge on any atom is -0.485 e. The van der Waals surface area contributed by atoms with E-state index in [0.717, 1.165) is 24.2 Å². The van der Waals surface area contributed by atoms with Gasteiger partial charge < -0.3 is 19.4 Å². The first-order chi connectivity index (χ1) is 13.0. The summed E-state index contributed by atoms with van der Waals surface area (Å²) in [6, 6.07) is 11.1. The molecule has 1 aromatic carbocycles. The summed E-state index contributed by atoms with van der Waals surface area (Å²) >= 11 is 0. The lowest BCUT2D eigenvalue weighted by Crippen LogP contribution is -2.48. The lowest BCUT2D eigenvalue weighted by molar-refractivity contribution is 0.0645. The van der Waals surface area contributed by atoms with Gasteiger partial charge in [-0.25, -0.2) is 0 Å². The molecule has 1 amide bonds. The number of ether oxygens (including phenoxy) is 1. The van der Waals surface area contributed by atoms with Gasteiger partial charge in [0.25, 0.3) is 5.91 Å². The summed E-state index contributed by atoms with van der Waals surface area (Å²) in [5.74, 6) is 1.85.